The Balaban J connectivity index is 1.24. The Morgan fingerprint density at radius 3 is 2.76 bits per heavy atom. The highest BCUT2D eigenvalue weighted by atomic mass is 32.1. The van der Waals surface area contributed by atoms with Crippen molar-refractivity contribution >= 4 is 28.6 Å². The second kappa shape index (κ2) is 10.3. The zero-order valence-corrected chi connectivity index (χ0v) is 22.2. The lowest BCUT2D eigenvalue weighted by atomic mass is 9.97. The van der Waals surface area contributed by atoms with Gasteiger partial charge in [0.25, 0.3) is 0 Å². The number of anilines is 1. The van der Waals surface area contributed by atoms with E-state index < -0.39 is 0 Å². The van der Waals surface area contributed by atoms with Crippen LogP contribution in [0.3, 0.4) is 0 Å². The minimum atomic E-state index is -0.0878. The molecule has 192 valence electrons. The molecule has 1 fully saturated rings. The highest BCUT2D eigenvalue weighted by Gasteiger charge is 2.29. The molecule has 1 atom stereocenters. The molecule has 1 N–H and O–H groups in total. The quantitative estimate of drug-likeness (QED) is 0.273. The van der Waals surface area contributed by atoms with Gasteiger partial charge in [-0.1, -0.05) is 30.3 Å². The SMILES string of the molecule is COc1cccc(-c2nc([C@@H]3CCCN(C(=O)Nc4cccc(-c5csc(C)n5)c4)C3)n3ccccc23)c1. The van der Waals surface area contributed by atoms with Gasteiger partial charge in [0.2, 0.25) is 0 Å². The lowest BCUT2D eigenvalue weighted by molar-refractivity contribution is 0.191. The first-order chi connectivity index (χ1) is 18.6. The van der Waals surface area contributed by atoms with Crippen molar-refractivity contribution in [2.75, 3.05) is 25.5 Å². The second-order valence-corrected chi connectivity index (χ2v) is 10.6. The number of urea groups is 1. The molecule has 1 aliphatic rings. The number of imidazole rings is 1. The van der Waals surface area contributed by atoms with E-state index in [0.29, 0.717) is 6.54 Å². The first kappa shape index (κ1) is 24.2. The lowest BCUT2D eigenvalue weighted by Crippen LogP contribution is -2.42. The lowest BCUT2D eigenvalue weighted by Gasteiger charge is -2.32. The van der Waals surface area contributed by atoms with Gasteiger partial charge in [-0.3, -0.25) is 0 Å². The molecule has 1 saturated heterocycles. The van der Waals surface area contributed by atoms with E-state index >= 15 is 0 Å². The largest absolute Gasteiger partial charge is 0.497 e. The third-order valence-electron chi connectivity index (χ3n) is 7.02. The molecule has 2 amide bonds. The average Bonchev–Trinajstić information content (AvgIpc) is 3.57. The fraction of sp³-hybridized carbons (Fsp3) is 0.233. The predicted molar refractivity (Wildman–Crippen MR) is 152 cm³/mol. The Bertz CT molecular complexity index is 1610. The number of amides is 2. The van der Waals surface area contributed by atoms with Crippen molar-refractivity contribution in [2.45, 2.75) is 25.7 Å². The Morgan fingerprint density at radius 2 is 1.92 bits per heavy atom. The highest BCUT2D eigenvalue weighted by molar-refractivity contribution is 7.09. The Labute approximate surface area is 225 Å². The average molecular weight is 524 g/mol. The maximum Gasteiger partial charge on any atom is 0.321 e. The molecule has 4 heterocycles. The number of nitrogens with one attached hydrogen (secondary N) is 1. The molecule has 1 aliphatic heterocycles. The summed E-state index contributed by atoms with van der Waals surface area (Å²) in [5.41, 5.74) is 5.69. The minimum Gasteiger partial charge on any atom is -0.497 e. The molecular formula is C30H29N5O2S. The number of carbonyl (C=O) groups excluding carboxylic acids is 1. The predicted octanol–water partition coefficient (Wildman–Crippen LogP) is 6.85. The first-order valence-corrected chi connectivity index (χ1v) is 13.7. The van der Waals surface area contributed by atoms with Crippen molar-refractivity contribution < 1.29 is 9.53 Å². The van der Waals surface area contributed by atoms with Crippen LogP contribution in [0.4, 0.5) is 10.5 Å². The fourth-order valence-corrected chi connectivity index (χ4v) is 5.78. The van der Waals surface area contributed by atoms with Gasteiger partial charge in [-0.15, -0.1) is 11.3 Å². The minimum absolute atomic E-state index is 0.0878. The topological polar surface area (TPSA) is 71.8 Å². The van der Waals surface area contributed by atoms with E-state index in [-0.39, 0.29) is 11.9 Å². The van der Waals surface area contributed by atoms with Crippen LogP contribution in [0.25, 0.3) is 28.0 Å². The second-order valence-electron chi connectivity index (χ2n) is 9.55. The monoisotopic (exact) mass is 523 g/mol. The number of nitrogens with zero attached hydrogens (tertiary/aromatic N) is 4. The summed E-state index contributed by atoms with van der Waals surface area (Å²) >= 11 is 1.62. The molecule has 8 heteroatoms. The van der Waals surface area contributed by atoms with Crippen LogP contribution in [0.15, 0.2) is 78.3 Å². The van der Waals surface area contributed by atoms with Gasteiger partial charge in [-0.05, 0) is 56.2 Å². The molecule has 0 radical (unpaired) electrons. The Hall–Kier alpha value is -4.17. The number of hydrogen-bond acceptors (Lipinski definition) is 5. The molecular weight excluding hydrogens is 494 g/mol. The van der Waals surface area contributed by atoms with Gasteiger partial charge in [0.05, 0.1) is 29.0 Å². The number of carbonyl (C=O) groups is 1. The number of aryl methyl sites for hydroxylation is 1. The molecule has 0 spiro atoms. The number of aromatic nitrogens is 3. The van der Waals surface area contributed by atoms with Crippen molar-refractivity contribution in [3.8, 4) is 28.3 Å². The number of ether oxygens (including phenoxy) is 1. The zero-order chi connectivity index (χ0) is 26.1. The third kappa shape index (κ3) is 4.75. The number of likely N-dealkylation sites (tertiary alicyclic amines) is 1. The van der Waals surface area contributed by atoms with Crippen LogP contribution < -0.4 is 10.1 Å². The molecule has 0 aliphatic carbocycles. The number of fused-ring (bicyclic) bond motifs is 1. The Kier molecular flexibility index (Phi) is 6.55. The van der Waals surface area contributed by atoms with E-state index in [0.717, 1.165) is 69.7 Å². The number of pyridine rings is 1. The molecule has 2 aromatic carbocycles. The number of hydrogen-bond donors (Lipinski definition) is 1. The van der Waals surface area contributed by atoms with E-state index in [1.807, 2.05) is 71.8 Å². The summed E-state index contributed by atoms with van der Waals surface area (Å²) < 4.78 is 7.61. The summed E-state index contributed by atoms with van der Waals surface area (Å²) in [6.45, 7) is 3.33. The number of rotatable bonds is 5. The van der Waals surface area contributed by atoms with Crippen LogP contribution in [-0.2, 0) is 0 Å². The smallest absolute Gasteiger partial charge is 0.321 e. The van der Waals surface area contributed by atoms with E-state index in [1.54, 1.807) is 18.4 Å². The van der Waals surface area contributed by atoms with Crippen LogP contribution in [0.1, 0.15) is 29.6 Å². The van der Waals surface area contributed by atoms with Crippen molar-refractivity contribution in [3.05, 3.63) is 89.1 Å². The standard InChI is InChI=1S/C30H29N5O2S/c1-20-31-26(19-38-20)21-8-5-11-24(16-21)32-30(36)34-14-7-10-23(18-34)29-33-28(27-13-3-4-15-35(27)29)22-9-6-12-25(17-22)37-2/h3-6,8-9,11-13,15-17,19,23H,7,10,14,18H2,1-2H3,(H,32,36)/t23-/m1/s1. The number of benzene rings is 2. The molecule has 6 rings (SSSR count). The van der Waals surface area contributed by atoms with Gasteiger partial charge in [0, 0.05) is 47.4 Å². The highest BCUT2D eigenvalue weighted by Crippen LogP contribution is 2.33. The molecule has 3 aromatic heterocycles. The van der Waals surface area contributed by atoms with E-state index in [9.17, 15) is 4.79 Å². The summed E-state index contributed by atoms with van der Waals surface area (Å²) in [4.78, 5) is 24.9. The van der Waals surface area contributed by atoms with Gasteiger partial charge in [-0.25, -0.2) is 14.8 Å². The number of methoxy groups -OCH3 is 1. The van der Waals surface area contributed by atoms with Crippen LogP contribution in [0.2, 0.25) is 0 Å². The van der Waals surface area contributed by atoms with Crippen molar-refractivity contribution in [3.63, 3.8) is 0 Å². The molecule has 38 heavy (non-hydrogen) atoms. The molecule has 7 nitrogen and oxygen atoms in total. The van der Waals surface area contributed by atoms with Crippen molar-refractivity contribution in [2.24, 2.45) is 0 Å². The van der Waals surface area contributed by atoms with Crippen LogP contribution in [-0.4, -0.2) is 45.5 Å². The molecule has 5 aromatic rings. The number of thiazole rings is 1. The van der Waals surface area contributed by atoms with Gasteiger partial charge >= 0.3 is 6.03 Å². The maximum absolute atomic E-state index is 13.3. The summed E-state index contributed by atoms with van der Waals surface area (Å²) in [5.74, 6) is 1.92. The number of piperidine rings is 1. The van der Waals surface area contributed by atoms with E-state index in [1.165, 1.54) is 0 Å². The molecule has 0 saturated carbocycles. The van der Waals surface area contributed by atoms with Crippen molar-refractivity contribution in [1.82, 2.24) is 19.3 Å². The summed E-state index contributed by atoms with van der Waals surface area (Å²) in [6.07, 6.45) is 3.96. The van der Waals surface area contributed by atoms with Crippen LogP contribution >= 0.6 is 11.3 Å². The zero-order valence-electron chi connectivity index (χ0n) is 21.4. The molecule has 0 unspecified atom stereocenters. The van der Waals surface area contributed by atoms with Crippen LogP contribution in [0, 0.1) is 6.92 Å². The third-order valence-corrected chi connectivity index (χ3v) is 7.79. The normalized spacial score (nSPS) is 15.5. The summed E-state index contributed by atoms with van der Waals surface area (Å²) in [7, 11) is 1.67. The van der Waals surface area contributed by atoms with Gasteiger partial charge in [0.1, 0.15) is 11.6 Å². The van der Waals surface area contributed by atoms with Gasteiger partial charge in [0.15, 0.2) is 0 Å². The van der Waals surface area contributed by atoms with E-state index in [4.69, 9.17) is 9.72 Å². The Morgan fingerprint density at radius 1 is 1.05 bits per heavy atom. The van der Waals surface area contributed by atoms with Crippen LogP contribution in [0.5, 0.6) is 5.75 Å². The molecule has 0 bridgehead atoms. The maximum atomic E-state index is 13.3. The van der Waals surface area contributed by atoms with Gasteiger partial charge < -0.3 is 19.4 Å². The van der Waals surface area contributed by atoms with Crippen molar-refractivity contribution in [1.29, 1.82) is 0 Å². The van der Waals surface area contributed by atoms with E-state index in [2.05, 4.69) is 33.0 Å². The summed E-state index contributed by atoms with van der Waals surface area (Å²) in [5, 5.41) is 6.17. The summed E-state index contributed by atoms with van der Waals surface area (Å²) in [6, 6.07) is 21.9. The fourth-order valence-electron chi connectivity index (χ4n) is 5.16. The van der Waals surface area contributed by atoms with Gasteiger partial charge in [-0.2, -0.15) is 0 Å². The first-order valence-electron chi connectivity index (χ1n) is 12.8.